The first-order valence-corrected chi connectivity index (χ1v) is 5.07. The number of halogens is 2. The van der Waals surface area contributed by atoms with Crippen LogP contribution in [0.15, 0.2) is 18.2 Å². The monoisotopic (exact) mass is 250 g/mol. The maximum atomic E-state index is 5.92. The summed E-state index contributed by atoms with van der Waals surface area (Å²) in [6.07, 6.45) is -0.417. The minimum Gasteiger partial charge on any atom is -0.487 e. The van der Waals surface area contributed by atoms with Crippen molar-refractivity contribution in [3.8, 4) is 5.75 Å². The Labute approximate surface area is 98.8 Å². The predicted molar refractivity (Wildman–Crippen MR) is 59.8 cm³/mol. The van der Waals surface area contributed by atoms with Crippen molar-refractivity contribution in [2.24, 2.45) is 0 Å². The van der Waals surface area contributed by atoms with Crippen LogP contribution in [0.4, 0.5) is 0 Å². The largest absolute Gasteiger partial charge is 0.487 e. The average molecular weight is 251 g/mol. The predicted octanol–water partition coefficient (Wildman–Crippen LogP) is 2.99. The lowest BCUT2D eigenvalue weighted by Crippen LogP contribution is -2.22. The highest BCUT2D eigenvalue weighted by atomic mass is 35.5. The van der Waals surface area contributed by atoms with E-state index in [1.165, 1.54) is 14.2 Å². The summed E-state index contributed by atoms with van der Waals surface area (Å²) in [7, 11) is 3.08. The van der Waals surface area contributed by atoms with Gasteiger partial charge in [-0.25, -0.2) is 0 Å². The van der Waals surface area contributed by atoms with Crippen LogP contribution in [0.2, 0.25) is 10.0 Å². The van der Waals surface area contributed by atoms with Gasteiger partial charge in [0.05, 0.1) is 5.02 Å². The summed E-state index contributed by atoms with van der Waals surface area (Å²) in [5.74, 6) is 0.517. The molecule has 0 bridgehead atoms. The smallest absolute Gasteiger partial charge is 0.191 e. The van der Waals surface area contributed by atoms with Crippen molar-refractivity contribution in [2.45, 2.75) is 6.29 Å². The third kappa shape index (κ3) is 3.54. The summed E-state index contributed by atoms with van der Waals surface area (Å²) in [5.41, 5.74) is 0. The number of ether oxygens (including phenoxy) is 3. The first-order chi connectivity index (χ1) is 7.19. The Bertz CT molecular complexity index is 314. The highest BCUT2D eigenvalue weighted by molar-refractivity contribution is 6.42. The van der Waals surface area contributed by atoms with Crippen LogP contribution in [0.25, 0.3) is 0 Å². The van der Waals surface area contributed by atoms with E-state index in [1.54, 1.807) is 18.2 Å². The Morgan fingerprint density at radius 2 is 1.87 bits per heavy atom. The van der Waals surface area contributed by atoms with Crippen molar-refractivity contribution in [1.82, 2.24) is 0 Å². The van der Waals surface area contributed by atoms with Crippen molar-refractivity contribution in [2.75, 3.05) is 20.8 Å². The molecule has 0 amide bonds. The Hall–Kier alpha value is -0.480. The van der Waals surface area contributed by atoms with E-state index in [4.69, 9.17) is 37.4 Å². The summed E-state index contributed by atoms with van der Waals surface area (Å²) in [4.78, 5) is 0. The maximum Gasteiger partial charge on any atom is 0.191 e. The van der Waals surface area contributed by atoms with Gasteiger partial charge < -0.3 is 14.2 Å². The molecule has 0 radical (unpaired) electrons. The quantitative estimate of drug-likeness (QED) is 0.753. The molecule has 15 heavy (non-hydrogen) atoms. The van der Waals surface area contributed by atoms with Crippen LogP contribution < -0.4 is 4.74 Å². The molecule has 0 atom stereocenters. The maximum absolute atomic E-state index is 5.92. The molecule has 0 fully saturated rings. The van der Waals surface area contributed by atoms with Gasteiger partial charge in [-0.15, -0.1) is 0 Å². The van der Waals surface area contributed by atoms with E-state index < -0.39 is 6.29 Å². The molecule has 1 aromatic carbocycles. The van der Waals surface area contributed by atoms with E-state index >= 15 is 0 Å². The number of hydrogen-bond acceptors (Lipinski definition) is 3. The molecule has 0 aliphatic heterocycles. The van der Waals surface area contributed by atoms with Gasteiger partial charge in [-0.3, -0.25) is 0 Å². The number of rotatable bonds is 5. The summed E-state index contributed by atoms with van der Waals surface area (Å²) < 4.78 is 15.3. The third-order valence-corrected chi connectivity index (χ3v) is 2.62. The summed E-state index contributed by atoms with van der Waals surface area (Å²) >= 11 is 11.7. The van der Waals surface area contributed by atoms with Crippen LogP contribution in [0.1, 0.15) is 0 Å². The van der Waals surface area contributed by atoms with Crippen LogP contribution in [0.5, 0.6) is 5.75 Å². The zero-order chi connectivity index (χ0) is 11.3. The van der Waals surface area contributed by atoms with Gasteiger partial charge in [0.1, 0.15) is 17.4 Å². The van der Waals surface area contributed by atoms with E-state index in [-0.39, 0.29) is 6.61 Å². The molecule has 5 heteroatoms. The number of methoxy groups -OCH3 is 2. The molecule has 0 saturated carbocycles. The van der Waals surface area contributed by atoms with E-state index in [1.807, 2.05) is 0 Å². The molecule has 3 nitrogen and oxygen atoms in total. The molecule has 0 unspecified atom stereocenters. The number of benzene rings is 1. The van der Waals surface area contributed by atoms with Gasteiger partial charge in [0, 0.05) is 14.2 Å². The van der Waals surface area contributed by atoms with Crippen LogP contribution in [0.3, 0.4) is 0 Å². The van der Waals surface area contributed by atoms with Gasteiger partial charge in [0.25, 0.3) is 0 Å². The molecular formula is C10H12Cl2O3. The standard InChI is InChI=1S/C10H12Cl2O3/c1-13-9(14-2)6-15-8-5-3-4-7(11)10(8)12/h3-5,9H,6H2,1-2H3. The van der Waals surface area contributed by atoms with Crippen molar-refractivity contribution in [1.29, 1.82) is 0 Å². The van der Waals surface area contributed by atoms with E-state index in [0.29, 0.717) is 15.8 Å². The Morgan fingerprint density at radius 3 is 2.47 bits per heavy atom. The first kappa shape index (κ1) is 12.6. The molecule has 0 heterocycles. The fourth-order valence-corrected chi connectivity index (χ4v) is 1.33. The lowest BCUT2D eigenvalue weighted by atomic mass is 10.3. The van der Waals surface area contributed by atoms with Crippen LogP contribution >= 0.6 is 23.2 Å². The second kappa shape index (κ2) is 6.18. The molecule has 0 aromatic heterocycles. The fraction of sp³-hybridized carbons (Fsp3) is 0.400. The zero-order valence-corrected chi connectivity index (χ0v) is 10.0. The van der Waals surface area contributed by atoms with Gasteiger partial charge >= 0.3 is 0 Å². The van der Waals surface area contributed by atoms with E-state index in [0.717, 1.165) is 0 Å². The SMILES string of the molecule is COC(COc1cccc(Cl)c1Cl)OC. The van der Waals surface area contributed by atoms with Gasteiger partial charge in [-0.2, -0.15) is 0 Å². The summed E-state index contributed by atoms with van der Waals surface area (Å²) in [5, 5.41) is 0.852. The van der Waals surface area contributed by atoms with Crippen molar-refractivity contribution in [3.05, 3.63) is 28.2 Å². The van der Waals surface area contributed by atoms with Crippen LogP contribution in [-0.2, 0) is 9.47 Å². The van der Waals surface area contributed by atoms with Gasteiger partial charge in [-0.1, -0.05) is 29.3 Å². The van der Waals surface area contributed by atoms with Gasteiger partial charge in [0.2, 0.25) is 0 Å². The third-order valence-electron chi connectivity index (χ3n) is 1.82. The minimum atomic E-state index is -0.417. The van der Waals surface area contributed by atoms with Gasteiger partial charge in [0.15, 0.2) is 6.29 Å². The number of hydrogen-bond donors (Lipinski definition) is 0. The highest BCUT2D eigenvalue weighted by Gasteiger charge is 2.09. The minimum absolute atomic E-state index is 0.257. The van der Waals surface area contributed by atoms with Crippen LogP contribution in [-0.4, -0.2) is 27.1 Å². The van der Waals surface area contributed by atoms with Gasteiger partial charge in [-0.05, 0) is 12.1 Å². The molecule has 0 spiro atoms. The van der Waals surface area contributed by atoms with Crippen molar-refractivity contribution < 1.29 is 14.2 Å². The molecule has 0 aliphatic rings. The normalized spacial score (nSPS) is 10.7. The summed E-state index contributed by atoms with van der Waals surface area (Å²) in [6.45, 7) is 0.257. The van der Waals surface area contributed by atoms with E-state index in [2.05, 4.69) is 0 Å². The summed E-state index contributed by atoms with van der Waals surface area (Å²) in [6, 6.07) is 5.19. The lowest BCUT2D eigenvalue weighted by Gasteiger charge is -2.15. The lowest BCUT2D eigenvalue weighted by molar-refractivity contribution is -0.121. The molecule has 1 aromatic rings. The molecule has 0 aliphatic carbocycles. The molecule has 1 rings (SSSR count). The zero-order valence-electron chi connectivity index (χ0n) is 8.50. The topological polar surface area (TPSA) is 27.7 Å². The second-order valence-corrected chi connectivity index (χ2v) is 3.55. The molecule has 84 valence electrons. The van der Waals surface area contributed by atoms with Crippen LogP contribution in [0, 0.1) is 0 Å². The Balaban J connectivity index is 2.61. The molecular weight excluding hydrogens is 239 g/mol. The Morgan fingerprint density at radius 1 is 1.20 bits per heavy atom. The second-order valence-electron chi connectivity index (χ2n) is 2.76. The highest BCUT2D eigenvalue weighted by Crippen LogP contribution is 2.31. The molecule has 0 saturated heterocycles. The molecule has 0 N–H and O–H groups in total. The fourth-order valence-electron chi connectivity index (χ4n) is 0.986. The average Bonchev–Trinajstić information content (AvgIpc) is 2.25. The van der Waals surface area contributed by atoms with Crippen molar-refractivity contribution in [3.63, 3.8) is 0 Å². The van der Waals surface area contributed by atoms with E-state index in [9.17, 15) is 0 Å². The Kier molecular flexibility index (Phi) is 5.19. The van der Waals surface area contributed by atoms with Crippen molar-refractivity contribution >= 4 is 23.2 Å². The first-order valence-electron chi connectivity index (χ1n) is 4.31.